The number of likely N-dealkylation sites (tertiary alicyclic amines) is 1. The molecule has 104 valence electrons. The van der Waals surface area contributed by atoms with Crippen molar-refractivity contribution in [1.29, 1.82) is 0 Å². The number of rotatable bonds is 3. The van der Waals surface area contributed by atoms with Gasteiger partial charge in [-0.1, -0.05) is 12.1 Å². The molecule has 0 unspecified atom stereocenters. The summed E-state index contributed by atoms with van der Waals surface area (Å²) in [6, 6.07) is 5.76. The lowest BCUT2D eigenvalue weighted by Gasteiger charge is -2.17. The quantitative estimate of drug-likeness (QED) is 0.623. The average molecular weight is 271 g/mol. The lowest BCUT2D eigenvalue weighted by atomic mass is 9.90. The summed E-state index contributed by atoms with van der Waals surface area (Å²) >= 11 is 0. The van der Waals surface area contributed by atoms with Crippen LogP contribution in [0, 0.1) is 0 Å². The van der Waals surface area contributed by atoms with Gasteiger partial charge in [-0.15, -0.1) is 0 Å². The van der Waals surface area contributed by atoms with Crippen molar-refractivity contribution >= 4 is 17.6 Å². The van der Waals surface area contributed by atoms with E-state index in [0.29, 0.717) is 5.56 Å². The fraction of sp³-hybridized carbons (Fsp3) is 0.438. The molecule has 4 nitrogen and oxygen atoms in total. The van der Waals surface area contributed by atoms with Crippen LogP contribution in [0.3, 0.4) is 0 Å². The average Bonchev–Trinajstić information content (AvgIpc) is 2.78. The first kappa shape index (κ1) is 13.0. The molecule has 4 heteroatoms. The number of Topliss-reactive ketones (excluding diaryl/α,β-unsaturated/α-hetero) is 1. The Morgan fingerprint density at radius 2 is 1.60 bits per heavy atom. The van der Waals surface area contributed by atoms with Crippen LogP contribution in [0.25, 0.3) is 0 Å². The van der Waals surface area contributed by atoms with E-state index < -0.39 is 0 Å². The van der Waals surface area contributed by atoms with E-state index in [9.17, 15) is 14.4 Å². The molecule has 0 aromatic heterocycles. The molecule has 2 aliphatic rings. The Bertz CT molecular complexity index is 575. The number of benzene rings is 1. The lowest BCUT2D eigenvalue weighted by molar-refractivity contribution is -0.137. The Hall–Kier alpha value is -1.97. The first-order chi connectivity index (χ1) is 9.65. The van der Waals surface area contributed by atoms with Crippen molar-refractivity contribution in [3.63, 3.8) is 0 Å². The second kappa shape index (κ2) is 5.19. The van der Waals surface area contributed by atoms with Gasteiger partial charge in [-0.25, -0.2) is 0 Å². The van der Waals surface area contributed by atoms with Crippen LogP contribution in [0.15, 0.2) is 18.2 Å². The molecule has 1 aromatic rings. The third kappa shape index (κ3) is 2.38. The topological polar surface area (TPSA) is 54.5 Å². The highest BCUT2D eigenvalue weighted by Gasteiger charge is 2.30. The van der Waals surface area contributed by atoms with Gasteiger partial charge in [0.1, 0.15) is 0 Å². The first-order valence-corrected chi connectivity index (χ1v) is 7.13. The Morgan fingerprint density at radius 3 is 2.30 bits per heavy atom. The van der Waals surface area contributed by atoms with Crippen molar-refractivity contribution in [3.05, 3.63) is 34.9 Å². The third-order valence-electron chi connectivity index (χ3n) is 4.13. The second-order valence-electron chi connectivity index (χ2n) is 5.49. The zero-order valence-corrected chi connectivity index (χ0v) is 11.4. The molecule has 1 saturated heterocycles. The minimum atomic E-state index is -0.235. The van der Waals surface area contributed by atoms with E-state index in [1.807, 2.05) is 18.2 Å². The molecule has 2 amide bonds. The van der Waals surface area contributed by atoms with Crippen LogP contribution in [-0.4, -0.2) is 29.0 Å². The summed E-state index contributed by atoms with van der Waals surface area (Å²) in [6.45, 7) is -0.115. The molecule has 0 bridgehead atoms. The Balaban J connectivity index is 1.77. The molecule has 0 saturated carbocycles. The van der Waals surface area contributed by atoms with Gasteiger partial charge in [0.25, 0.3) is 0 Å². The summed E-state index contributed by atoms with van der Waals surface area (Å²) in [4.78, 5) is 36.4. The van der Waals surface area contributed by atoms with Crippen LogP contribution in [0.1, 0.15) is 47.2 Å². The summed E-state index contributed by atoms with van der Waals surface area (Å²) in [5, 5.41) is 0. The van der Waals surface area contributed by atoms with Crippen molar-refractivity contribution < 1.29 is 14.4 Å². The second-order valence-corrected chi connectivity index (χ2v) is 5.49. The highest BCUT2D eigenvalue weighted by atomic mass is 16.2. The normalized spacial score (nSPS) is 18.3. The van der Waals surface area contributed by atoms with Crippen LogP contribution in [-0.2, 0) is 22.4 Å². The van der Waals surface area contributed by atoms with Crippen LogP contribution in [0.4, 0.5) is 0 Å². The molecular formula is C16H17NO3. The summed E-state index contributed by atoms with van der Waals surface area (Å²) in [5.74, 6) is -0.621. The lowest BCUT2D eigenvalue weighted by Crippen LogP contribution is -2.34. The van der Waals surface area contributed by atoms with Crippen molar-refractivity contribution in [2.75, 3.05) is 6.54 Å². The van der Waals surface area contributed by atoms with E-state index in [4.69, 9.17) is 0 Å². The van der Waals surface area contributed by atoms with Crippen LogP contribution in [0.5, 0.6) is 0 Å². The Morgan fingerprint density at radius 1 is 0.950 bits per heavy atom. The number of fused-ring (bicyclic) bond motifs is 1. The number of carbonyl (C=O) groups is 3. The molecule has 0 spiro atoms. The summed E-state index contributed by atoms with van der Waals surface area (Å²) in [5.41, 5.74) is 3.17. The number of ketones is 1. The van der Waals surface area contributed by atoms with Gasteiger partial charge < -0.3 is 0 Å². The smallest absolute Gasteiger partial charge is 0.230 e. The van der Waals surface area contributed by atoms with Gasteiger partial charge in [-0.05, 0) is 42.9 Å². The van der Waals surface area contributed by atoms with E-state index in [2.05, 4.69) is 0 Å². The summed E-state index contributed by atoms with van der Waals surface area (Å²) < 4.78 is 0. The summed E-state index contributed by atoms with van der Waals surface area (Å²) in [7, 11) is 0. The number of amides is 2. The molecular weight excluding hydrogens is 254 g/mol. The molecule has 1 aliphatic heterocycles. The van der Waals surface area contributed by atoms with Gasteiger partial charge in [-0.3, -0.25) is 19.3 Å². The molecule has 20 heavy (non-hydrogen) atoms. The SMILES string of the molecule is O=C(CN1C(=O)CCC1=O)c1ccc2c(c1)CCCC2. The molecule has 0 N–H and O–H groups in total. The van der Waals surface area contributed by atoms with Gasteiger partial charge >= 0.3 is 0 Å². The maximum atomic E-state index is 12.2. The van der Waals surface area contributed by atoms with Crippen LogP contribution < -0.4 is 0 Å². The van der Waals surface area contributed by atoms with Crippen molar-refractivity contribution in [3.8, 4) is 0 Å². The minimum absolute atomic E-state index is 0.115. The third-order valence-corrected chi connectivity index (χ3v) is 4.13. The molecule has 3 rings (SSSR count). The highest BCUT2D eigenvalue weighted by molar-refractivity contribution is 6.07. The number of aryl methyl sites for hydroxylation is 2. The maximum absolute atomic E-state index is 12.2. The number of carbonyl (C=O) groups excluding carboxylic acids is 3. The fourth-order valence-corrected chi connectivity index (χ4v) is 2.94. The van der Waals surface area contributed by atoms with E-state index in [1.165, 1.54) is 17.5 Å². The largest absolute Gasteiger partial charge is 0.292 e. The number of nitrogens with zero attached hydrogens (tertiary/aromatic N) is 1. The monoisotopic (exact) mass is 271 g/mol. The van der Waals surface area contributed by atoms with Crippen molar-refractivity contribution in [2.24, 2.45) is 0 Å². The highest BCUT2D eigenvalue weighted by Crippen LogP contribution is 2.23. The van der Waals surface area contributed by atoms with E-state index in [1.54, 1.807) is 0 Å². The van der Waals surface area contributed by atoms with Gasteiger partial charge in [0.05, 0.1) is 6.54 Å². The van der Waals surface area contributed by atoms with E-state index in [0.717, 1.165) is 24.2 Å². The number of hydrogen-bond donors (Lipinski definition) is 0. The van der Waals surface area contributed by atoms with E-state index in [-0.39, 0.29) is 37.0 Å². The maximum Gasteiger partial charge on any atom is 0.230 e. The number of imide groups is 1. The first-order valence-electron chi connectivity index (χ1n) is 7.13. The van der Waals surface area contributed by atoms with Gasteiger partial charge in [0.15, 0.2) is 5.78 Å². The summed E-state index contributed by atoms with van der Waals surface area (Å²) in [6.07, 6.45) is 4.92. The standard InChI is InChI=1S/C16H17NO3/c18-14(10-17-15(19)7-8-16(17)20)13-6-5-11-3-1-2-4-12(11)9-13/h5-6,9H,1-4,7-8,10H2. The minimum Gasteiger partial charge on any atom is -0.292 e. The molecule has 1 fully saturated rings. The van der Waals surface area contributed by atoms with Crippen molar-refractivity contribution in [1.82, 2.24) is 4.90 Å². The number of hydrogen-bond acceptors (Lipinski definition) is 3. The molecule has 0 radical (unpaired) electrons. The van der Waals surface area contributed by atoms with Crippen molar-refractivity contribution in [2.45, 2.75) is 38.5 Å². The predicted octanol–water partition coefficient (Wildman–Crippen LogP) is 1.90. The van der Waals surface area contributed by atoms with Crippen LogP contribution >= 0.6 is 0 Å². The molecule has 0 atom stereocenters. The Kier molecular flexibility index (Phi) is 3.38. The fourth-order valence-electron chi connectivity index (χ4n) is 2.94. The van der Waals surface area contributed by atoms with Gasteiger partial charge in [0.2, 0.25) is 11.8 Å². The molecule has 1 aromatic carbocycles. The zero-order valence-electron chi connectivity index (χ0n) is 11.4. The van der Waals surface area contributed by atoms with Gasteiger partial charge in [-0.2, -0.15) is 0 Å². The molecule has 1 heterocycles. The predicted molar refractivity (Wildman–Crippen MR) is 73.4 cm³/mol. The van der Waals surface area contributed by atoms with Gasteiger partial charge in [0, 0.05) is 18.4 Å². The zero-order chi connectivity index (χ0) is 14.1. The molecule has 1 aliphatic carbocycles. The Labute approximate surface area is 117 Å². The van der Waals surface area contributed by atoms with Crippen LogP contribution in [0.2, 0.25) is 0 Å². The van der Waals surface area contributed by atoms with E-state index >= 15 is 0 Å².